The van der Waals surface area contributed by atoms with Gasteiger partial charge in [0, 0.05) is 19.2 Å². The molecule has 5 nitrogen and oxygen atoms in total. The first-order valence-corrected chi connectivity index (χ1v) is 10.5. The van der Waals surface area contributed by atoms with Crippen molar-refractivity contribution in [2.45, 2.75) is 31.7 Å². The smallest absolute Gasteiger partial charge is 0.244 e. The van der Waals surface area contributed by atoms with E-state index in [1.807, 2.05) is 51.1 Å². The van der Waals surface area contributed by atoms with Gasteiger partial charge < -0.3 is 5.32 Å². The summed E-state index contributed by atoms with van der Waals surface area (Å²) >= 11 is 0. The lowest BCUT2D eigenvalue weighted by Gasteiger charge is -2.18. The van der Waals surface area contributed by atoms with Gasteiger partial charge in [0.25, 0.3) is 0 Å². The molecule has 6 heteroatoms. The zero-order valence-corrected chi connectivity index (χ0v) is 16.7. The lowest BCUT2D eigenvalue weighted by atomic mass is 10.1. The molecule has 1 N–H and O–H groups in total. The van der Waals surface area contributed by atoms with Crippen molar-refractivity contribution in [1.29, 1.82) is 0 Å². The molecule has 2 aromatic carbocycles. The van der Waals surface area contributed by atoms with Gasteiger partial charge in [-0.25, -0.2) is 8.42 Å². The summed E-state index contributed by atoms with van der Waals surface area (Å²) < 4.78 is 26.4. The van der Waals surface area contributed by atoms with Crippen LogP contribution >= 0.6 is 0 Å². The Morgan fingerprint density at radius 1 is 1.04 bits per heavy atom. The molecule has 1 atom stereocenters. The Kier molecular flexibility index (Phi) is 7.33. The van der Waals surface area contributed by atoms with Gasteiger partial charge in [-0.05, 0) is 36.3 Å². The average molecular weight is 387 g/mol. The van der Waals surface area contributed by atoms with Gasteiger partial charge in [-0.1, -0.05) is 56.3 Å². The molecule has 2 aromatic rings. The molecule has 0 spiro atoms. The van der Waals surface area contributed by atoms with Gasteiger partial charge in [-0.3, -0.25) is 4.79 Å². The Balaban J connectivity index is 2.02. The Labute approximate surface area is 161 Å². The fourth-order valence-corrected chi connectivity index (χ4v) is 4.18. The minimum Gasteiger partial charge on any atom is -0.346 e. The second-order valence-corrected chi connectivity index (χ2v) is 8.07. The van der Waals surface area contributed by atoms with E-state index in [4.69, 9.17) is 0 Å². The van der Waals surface area contributed by atoms with Crippen molar-refractivity contribution in [3.05, 3.63) is 71.8 Å². The van der Waals surface area contributed by atoms with Gasteiger partial charge in [0.05, 0.1) is 10.9 Å². The maximum atomic E-state index is 12.5. The molecule has 0 bridgehead atoms. The number of sulfonamides is 1. The Bertz CT molecular complexity index is 871. The number of nitrogens with zero attached hydrogens (tertiary/aromatic N) is 1. The first kappa shape index (κ1) is 20.9. The highest BCUT2D eigenvalue weighted by Crippen LogP contribution is 2.17. The highest BCUT2D eigenvalue weighted by atomic mass is 32.2. The molecule has 0 saturated carbocycles. The van der Waals surface area contributed by atoms with Crippen molar-refractivity contribution >= 4 is 22.0 Å². The van der Waals surface area contributed by atoms with Crippen LogP contribution in [0.5, 0.6) is 0 Å². The minimum absolute atomic E-state index is 0.0926. The minimum atomic E-state index is -3.47. The van der Waals surface area contributed by atoms with E-state index >= 15 is 0 Å². The fraction of sp³-hybridized carbons (Fsp3) is 0.286. The van der Waals surface area contributed by atoms with Gasteiger partial charge >= 0.3 is 0 Å². The standard InChI is InChI=1S/C21H26N2O3S/c1-4-23(5-2)27(25,26)20-14-11-18(12-15-20)13-16-21(24)22-17(3)19-9-7-6-8-10-19/h6-17H,4-5H2,1-3H3,(H,22,24)/b16-13+. The number of amides is 1. The van der Waals surface area contributed by atoms with Crippen LogP contribution in [0.15, 0.2) is 65.6 Å². The van der Waals surface area contributed by atoms with Crippen LogP contribution in [0.4, 0.5) is 0 Å². The van der Waals surface area contributed by atoms with Crippen LogP contribution in [-0.2, 0) is 14.8 Å². The van der Waals surface area contributed by atoms with E-state index in [1.165, 1.54) is 10.4 Å². The molecule has 2 rings (SSSR count). The summed E-state index contributed by atoms with van der Waals surface area (Å²) in [4.78, 5) is 12.3. The second-order valence-electron chi connectivity index (χ2n) is 6.13. The molecule has 0 aliphatic heterocycles. The molecule has 144 valence electrons. The van der Waals surface area contributed by atoms with Crippen LogP contribution in [0.1, 0.15) is 37.9 Å². The normalized spacial score (nSPS) is 13.0. The highest BCUT2D eigenvalue weighted by molar-refractivity contribution is 7.89. The van der Waals surface area contributed by atoms with Crippen molar-refractivity contribution in [2.24, 2.45) is 0 Å². The lowest BCUT2D eigenvalue weighted by molar-refractivity contribution is -0.117. The highest BCUT2D eigenvalue weighted by Gasteiger charge is 2.20. The van der Waals surface area contributed by atoms with Crippen LogP contribution in [0.25, 0.3) is 6.08 Å². The summed E-state index contributed by atoms with van der Waals surface area (Å²) in [6.45, 7) is 6.41. The van der Waals surface area contributed by atoms with Crippen molar-refractivity contribution in [3.8, 4) is 0 Å². The number of hydrogen-bond donors (Lipinski definition) is 1. The molecule has 0 fully saturated rings. The average Bonchev–Trinajstić information content (AvgIpc) is 2.68. The number of hydrogen-bond acceptors (Lipinski definition) is 3. The van der Waals surface area contributed by atoms with Gasteiger partial charge in [0.1, 0.15) is 0 Å². The molecule has 0 aliphatic rings. The van der Waals surface area contributed by atoms with E-state index in [0.29, 0.717) is 13.1 Å². The van der Waals surface area contributed by atoms with E-state index in [0.717, 1.165) is 11.1 Å². The predicted octanol–water partition coefficient (Wildman–Crippen LogP) is 3.61. The third-order valence-corrected chi connectivity index (χ3v) is 6.37. The SMILES string of the molecule is CCN(CC)S(=O)(=O)c1ccc(/C=C/C(=O)NC(C)c2ccccc2)cc1. The summed E-state index contributed by atoms with van der Waals surface area (Å²) in [7, 11) is -3.47. The van der Waals surface area contributed by atoms with E-state index in [2.05, 4.69) is 5.32 Å². The molecule has 0 aromatic heterocycles. The van der Waals surface area contributed by atoms with E-state index < -0.39 is 10.0 Å². The topological polar surface area (TPSA) is 66.5 Å². The molecule has 0 saturated heterocycles. The molecule has 1 unspecified atom stereocenters. The van der Waals surface area contributed by atoms with Gasteiger partial charge in [0.2, 0.25) is 15.9 Å². The van der Waals surface area contributed by atoms with Crippen molar-refractivity contribution in [3.63, 3.8) is 0 Å². The molecular formula is C21H26N2O3S. The Morgan fingerprint density at radius 2 is 1.63 bits per heavy atom. The summed E-state index contributed by atoms with van der Waals surface area (Å²) in [5, 5.41) is 2.90. The first-order valence-electron chi connectivity index (χ1n) is 9.02. The number of benzene rings is 2. The molecule has 0 heterocycles. The van der Waals surface area contributed by atoms with Gasteiger partial charge in [0.15, 0.2) is 0 Å². The van der Waals surface area contributed by atoms with Crippen molar-refractivity contribution < 1.29 is 13.2 Å². The van der Waals surface area contributed by atoms with Crippen LogP contribution < -0.4 is 5.32 Å². The first-order chi connectivity index (χ1) is 12.9. The number of carbonyl (C=O) groups excluding carboxylic acids is 1. The van der Waals surface area contributed by atoms with Gasteiger partial charge in [-0.15, -0.1) is 0 Å². The van der Waals surface area contributed by atoms with Gasteiger partial charge in [-0.2, -0.15) is 4.31 Å². The largest absolute Gasteiger partial charge is 0.346 e. The van der Waals surface area contributed by atoms with E-state index in [-0.39, 0.29) is 16.8 Å². The second kappa shape index (κ2) is 9.48. The summed E-state index contributed by atoms with van der Waals surface area (Å²) in [6, 6.07) is 16.2. The summed E-state index contributed by atoms with van der Waals surface area (Å²) in [6.07, 6.45) is 3.12. The maximum absolute atomic E-state index is 12.5. The van der Waals surface area contributed by atoms with E-state index in [1.54, 1.807) is 30.3 Å². The van der Waals surface area contributed by atoms with Crippen molar-refractivity contribution in [2.75, 3.05) is 13.1 Å². The molecule has 0 radical (unpaired) electrons. The lowest BCUT2D eigenvalue weighted by Crippen LogP contribution is -2.30. The van der Waals surface area contributed by atoms with E-state index in [9.17, 15) is 13.2 Å². The number of rotatable bonds is 8. The molecule has 27 heavy (non-hydrogen) atoms. The molecular weight excluding hydrogens is 360 g/mol. The van der Waals surface area contributed by atoms with Crippen LogP contribution in [0.3, 0.4) is 0 Å². The zero-order valence-electron chi connectivity index (χ0n) is 15.9. The van der Waals surface area contributed by atoms with Crippen molar-refractivity contribution in [1.82, 2.24) is 9.62 Å². The Morgan fingerprint density at radius 3 is 2.19 bits per heavy atom. The predicted molar refractivity (Wildman–Crippen MR) is 109 cm³/mol. The zero-order chi connectivity index (χ0) is 19.9. The quantitative estimate of drug-likeness (QED) is 0.705. The molecule has 1 amide bonds. The number of nitrogens with one attached hydrogen (secondary N) is 1. The van der Waals surface area contributed by atoms with Crippen LogP contribution in [0.2, 0.25) is 0 Å². The maximum Gasteiger partial charge on any atom is 0.244 e. The summed E-state index contributed by atoms with van der Waals surface area (Å²) in [5.74, 6) is -0.203. The van der Waals surface area contributed by atoms with Crippen LogP contribution in [-0.4, -0.2) is 31.7 Å². The third kappa shape index (κ3) is 5.52. The Hall–Kier alpha value is -2.44. The third-order valence-electron chi connectivity index (χ3n) is 4.31. The monoisotopic (exact) mass is 386 g/mol. The summed E-state index contributed by atoms with van der Waals surface area (Å²) in [5.41, 5.74) is 1.79. The number of carbonyl (C=O) groups is 1. The fourth-order valence-electron chi connectivity index (χ4n) is 2.72. The van der Waals surface area contributed by atoms with Crippen LogP contribution in [0, 0.1) is 0 Å². The molecule has 0 aliphatic carbocycles.